The van der Waals surface area contributed by atoms with Gasteiger partial charge in [0, 0.05) is 12.6 Å². The van der Waals surface area contributed by atoms with Crippen LogP contribution in [0.2, 0.25) is 0 Å². The van der Waals surface area contributed by atoms with Crippen molar-refractivity contribution in [3.63, 3.8) is 0 Å². The Bertz CT molecular complexity index is 1390. The quantitative estimate of drug-likeness (QED) is 0.317. The van der Waals surface area contributed by atoms with Crippen LogP contribution in [-0.2, 0) is 26.2 Å². The minimum Gasteiger partial charge on any atom is -0.492 e. The summed E-state index contributed by atoms with van der Waals surface area (Å²) in [6.45, 7) is 9.26. The maximum absolute atomic E-state index is 14.2. The molecule has 2 amide bonds. The molecule has 8 nitrogen and oxygen atoms in total. The Morgan fingerprint density at radius 3 is 2.15 bits per heavy atom. The van der Waals surface area contributed by atoms with Crippen LogP contribution in [0.1, 0.15) is 45.2 Å². The van der Waals surface area contributed by atoms with Gasteiger partial charge < -0.3 is 15.0 Å². The smallest absolute Gasteiger partial charge is 0.264 e. The lowest BCUT2D eigenvalue weighted by Gasteiger charge is -2.34. The topological polar surface area (TPSA) is 96.0 Å². The van der Waals surface area contributed by atoms with E-state index in [1.165, 1.54) is 17.0 Å². The molecule has 9 heteroatoms. The highest BCUT2D eigenvalue weighted by molar-refractivity contribution is 7.92. The first kappa shape index (κ1) is 30.7. The zero-order valence-electron chi connectivity index (χ0n) is 23.8. The lowest BCUT2D eigenvalue weighted by molar-refractivity contribution is -0.140. The first-order chi connectivity index (χ1) is 19.1. The predicted molar refractivity (Wildman–Crippen MR) is 158 cm³/mol. The van der Waals surface area contributed by atoms with Crippen molar-refractivity contribution in [1.82, 2.24) is 10.2 Å². The van der Waals surface area contributed by atoms with E-state index in [1.807, 2.05) is 52.0 Å². The molecular weight excluding hydrogens is 526 g/mol. The molecule has 0 radical (unpaired) electrons. The third kappa shape index (κ3) is 7.41. The van der Waals surface area contributed by atoms with E-state index in [9.17, 15) is 18.0 Å². The van der Waals surface area contributed by atoms with Crippen molar-refractivity contribution in [2.45, 2.75) is 64.6 Å². The molecule has 0 heterocycles. The van der Waals surface area contributed by atoms with Gasteiger partial charge in [0.2, 0.25) is 11.8 Å². The number of rotatable bonds is 13. The predicted octanol–water partition coefficient (Wildman–Crippen LogP) is 4.92. The summed E-state index contributed by atoms with van der Waals surface area (Å²) in [4.78, 5) is 29.0. The van der Waals surface area contributed by atoms with E-state index in [0.29, 0.717) is 18.8 Å². The Hall–Kier alpha value is -3.85. The molecule has 0 fully saturated rings. The van der Waals surface area contributed by atoms with Crippen LogP contribution < -0.4 is 14.4 Å². The average Bonchev–Trinajstić information content (AvgIpc) is 2.93. The number of hydrogen-bond donors (Lipinski definition) is 1. The summed E-state index contributed by atoms with van der Waals surface area (Å²) in [6.07, 6.45) is 0.358. The zero-order chi connectivity index (χ0) is 29.3. The first-order valence-corrected chi connectivity index (χ1v) is 15.0. The van der Waals surface area contributed by atoms with Crippen molar-refractivity contribution in [1.29, 1.82) is 0 Å². The van der Waals surface area contributed by atoms with Crippen molar-refractivity contribution in [3.05, 3.63) is 90.0 Å². The van der Waals surface area contributed by atoms with Crippen LogP contribution in [0.15, 0.2) is 83.8 Å². The Morgan fingerprint density at radius 1 is 0.900 bits per heavy atom. The number of ether oxygens (including phenoxy) is 1. The van der Waals surface area contributed by atoms with Gasteiger partial charge in [-0.1, -0.05) is 61.5 Å². The van der Waals surface area contributed by atoms with E-state index in [2.05, 4.69) is 5.32 Å². The molecule has 40 heavy (non-hydrogen) atoms. The van der Waals surface area contributed by atoms with Crippen LogP contribution in [0, 0.1) is 6.92 Å². The molecule has 1 atom stereocenters. The highest BCUT2D eigenvalue weighted by Gasteiger charge is 2.35. The van der Waals surface area contributed by atoms with E-state index in [0.717, 1.165) is 15.4 Å². The third-order valence-electron chi connectivity index (χ3n) is 6.46. The third-order valence-corrected chi connectivity index (χ3v) is 8.24. The van der Waals surface area contributed by atoms with E-state index in [4.69, 9.17) is 4.74 Å². The molecule has 3 rings (SSSR count). The Labute approximate surface area is 238 Å². The Morgan fingerprint density at radius 2 is 1.52 bits per heavy atom. The van der Waals surface area contributed by atoms with E-state index in [-0.39, 0.29) is 29.1 Å². The fourth-order valence-electron chi connectivity index (χ4n) is 4.44. The number of para-hydroxylation sites is 2. The standard InChI is InChI=1S/C31H39N3O5S/c1-6-27(31(36)32-23(3)4)33(21-25-16-12-11-15-24(25)5)30(35)22-34(28-19-13-14-20-29(28)39-7-2)40(37,38)26-17-9-8-10-18-26/h8-20,23,27H,6-7,21-22H2,1-5H3,(H,32,36)/t27-/m1/s1. The van der Waals surface area contributed by atoms with Crippen LogP contribution in [0.25, 0.3) is 0 Å². The van der Waals surface area contributed by atoms with Crippen LogP contribution in [0.4, 0.5) is 5.69 Å². The summed E-state index contributed by atoms with van der Waals surface area (Å²) in [7, 11) is -4.17. The highest BCUT2D eigenvalue weighted by atomic mass is 32.2. The molecule has 0 aliphatic rings. The van der Waals surface area contributed by atoms with Gasteiger partial charge in [0.05, 0.1) is 17.2 Å². The van der Waals surface area contributed by atoms with Gasteiger partial charge in [0.1, 0.15) is 18.3 Å². The number of nitrogens with zero attached hydrogens (tertiary/aromatic N) is 2. The minimum absolute atomic E-state index is 0.0455. The SMILES string of the molecule is CCOc1ccccc1N(CC(=O)N(Cc1ccccc1C)[C@H](CC)C(=O)NC(C)C)S(=O)(=O)c1ccccc1. The maximum atomic E-state index is 14.2. The van der Waals surface area contributed by atoms with Crippen LogP contribution in [-0.4, -0.2) is 50.4 Å². The molecule has 0 spiro atoms. The highest BCUT2D eigenvalue weighted by Crippen LogP contribution is 2.33. The number of anilines is 1. The summed E-state index contributed by atoms with van der Waals surface area (Å²) in [5, 5.41) is 2.91. The van der Waals surface area contributed by atoms with Gasteiger partial charge in [-0.2, -0.15) is 0 Å². The number of benzene rings is 3. The van der Waals surface area contributed by atoms with Crippen LogP contribution in [0.5, 0.6) is 5.75 Å². The molecular formula is C31H39N3O5S. The Balaban J connectivity index is 2.11. The molecule has 0 saturated heterocycles. The molecule has 0 aliphatic carbocycles. The summed E-state index contributed by atoms with van der Waals surface area (Å²) in [5.74, 6) is -0.446. The number of carbonyl (C=O) groups is 2. The normalized spacial score (nSPS) is 12.1. The number of aryl methyl sites for hydroxylation is 1. The summed E-state index contributed by atoms with van der Waals surface area (Å²) in [6, 6.07) is 21.4. The number of nitrogens with one attached hydrogen (secondary N) is 1. The molecule has 0 aromatic heterocycles. The number of sulfonamides is 1. The lowest BCUT2D eigenvalue weighted by Crippen LogP contribution is -2.53. The minimum atomic E-state index is -4.17. The second-order valence-corrected chi connectivity index (χ2v) is 11.6. The molecule has 0 saturated carbocycles. The summed E-state index contributed by atoms with van der Waals surface area (Å²) >= 11 is 0. The van der Waals surface area contributed by atoms with E-state index in [1.54, 1.807) is 49.4 Å². The van der Waals surface area contributed by atoms with Gasteiger partial charge in [-0.3, -0.25) is 13.9 Å². The zero-order valence-corrected chi connectivity index (χ0v) is 24.6. The van der Waals surface area contributed by atoms with Crippen LogP contribution in [0.3, 0.4) is 0 Å². The second kappa shape index (κ2) is 14.0. The van der Waals surface area contributed by atoms with Crippen molar-refractivity contribution in [3.8, 4) is 5.75 Å². The molecule has 3 aromatic rings. The fraction of sp³-hybridized carbons (Fsp3) is 0.355. The summed E-state index contributed by atoms with van der Waals surface area (Å²) < 4.78 is 34.8. The molecule has 3 aromatic carbocycles. The molecule has 0 aliphatic heterocycles. The van der Waals surface area contributed by atoms with Crippen molar-refractivity contribution >= 4 is 27.5 Å². The van der Waals surface area contributed by atoms with Crippen molar-refractivity contribution in [2.24, 2.45) is 0 Å². The van der Waals surface area contributed by atoms with Gasteiger partial charge in [-0.05, 0) is 69.5 Å². The van der Waals surface area contributed by atoms with Gasteiger partial charge >= 0.3 is 0 Å². The van der Waals surface area contributed by atoms with Crippen molar-refractivity contribution < 1.29 is 22.7 Å². The van der Waals surface area contributed by atoms with Crippen molar-refractivity contribution in [2.75, 3.05) is 17.5 Å². The monoisotopic (exact) mass is 565 g/mol. The average molecular weight is 566 g/mol. The lowest BCUT2D eigenvalue weighted by atomic mass is 10.1. The molecule has 1 N–H and O–H groups in total. The van der Waals surface area contributed by atoms with Gasteiger partial charge in [0.15, 0.2) is 0 Å². The number of hydrogen-bond acceptors (Lipinski definition) is 5. The Kier molecular flexibility index (Phi) is 10.7. The van der Waals surface area contributed by atoms with Gasteiger partial charge in [-0.15, -0.1) is 0 Å². The second-order valence-electron chi connectivity index (χ2n) is 9.76. The van der Waals surface area contributed by atoms with E-state index >= 15 is 0 Å². The number of carbonyl (C=O) groups excluding carboxylic acids is 2. The molecule has 0 bridgehead atoms. The molecule has 214 valence electrons. The van der Waals surface area contributed by atoms with E-state index < -0.39 is 28.5 Å². The first-order valence-electron chi connectivity index (χ1n) is 13.5. The number of amides is 2. The maximum Gasteiger partial charge on any atom is 0.264 e. The van der Waals surface area contributed by atoms with Gasteiger partial charge in [0.25, 0.3) is 10.0 Å². The largest absolute Gasteiger partial charge is 0.492 e. The fourth-order valence-corrected chi connectivity index (χ4v) is 5.89. The molecule has 0 unspecified atom stereocenters. The van der Waals surface area contributed by atoms with Crippen LogP contribution >= 0.6 is 0 Å². The summed E-state index contributed by atoms with van der Waals surface area (Å²) in [5.41, 5.74) is 2.09. The van der Waals surface area contributed by atoms with Gasteiger partial charge in [-0.25, -0.2) is 8.42 Å².